The molecule has 1 aliphatic carbocycles. The van der Waals surface area contributed by atoms with E-state index in [-0.39, 0.29) is 5.56 Å². The van der Waals surface area contributed by atoms with Gasteiger partial charge in [0, 0.05) is 0 Å². The Morgan fingerprint density at radius 2 is 1.73 bits per heavy atom. The van der Waals surface area contributed by atoms with Crippen LogP contribution in [-0.4, -0.2) is 0 Å². The molecule has 2 heteroatoms. The van der Waals surface area contributed by atoms with Crippen LogP contribution in [0.3, 0.4) is 0 Å². The van der Waals surface area contributed by atoms with E-state index in [1.165, 1.54) is 37.3 Å². The summed E-state index contributed by atoms with van der Waals surface area (Å²) in [5.74, 6) is 0.961. The zero-order valence-corrected chi connectivity index (χ0v) is 15.0. The molecule has 0 aromatic heterocycles. The number of rotatable bonds is 5. The lowest BCUT2D eigenvalue weighted by molar-refractivity contribution is 0.328. The Morgan fingerprint density at radius 1 is 1.04 bits per heavy atom. The van der Waals surface area contributed by atoms with E-state index < -0.39 is 5.82 Å². The highest BCUT2D eigenvalue weighted by atomic mass is 19.1. The molecule has 0 atom stereocenters. The van der Waals surface area contributed by atoms with E-state index in [4.69, 9.17) is 5.26 Å². The van der Waals surface area contributed by atoms with Gasteiger partial charge in [-0.2, -0.15) is 5.26 Å². The summed E-state index contributed by atoms with van der Waals surface area (Å²) in [6, 6.07) is 15.1. The fraction of sp³-hybridized carbons (Fsp3) is 0.292. The highest BCUT2D eigenvalue weighted by Crippen LogP contribution is 2.37. The van der Waals surface area contributed by atoms with Gasteiger partial charge in [-0.3, -0.25) is 0 Å². The molecule has 0 N–H and O–H groups in total. The van der Waals surface area contributed by atoms with Crippen LogP contribution in [0.5, 0.6) is 0 Å². The molecule has 1 fully saturated rings. The minimum Gasteiger partial charge on any atom is -0.206 e. The van der Waals surface area contributed by atoms with Gasteiger partial charge in [0.1, 0.15) is 11.9 Å². The molecule has 1 aliphatic rings. The van der Waals surface area contributed by atoms with Crippen molar-refractivity contribution in [1.29, 1.82) is 5.26 Å². The van der Waals surface area contributed by atoms with Crippen LogP contribution in [0.25, 0.3) is 11.1 Å². The van der Waals surface area contributed by atoms with Crippen molar-refractivity contribution in [2.75, 3.05) is 0 Å². The van der Waals surface area contributed by atoms with E-state index in [9.17, 15) is 4.39 Å². The Bertz CT molecular complexity index is 818. The summed E-state index contributed by atoms with van der Waals surface area (Å²) in [7, 11) is 0. The standard InChI is InChI=1S/C24H24FN/c1-2-3-4-5-18-6-8-19(9-7-18)20-10-12-21(13-11-20)22-14-15-23(17-26)24(25)16-22/h2-4,10-16,18-19H,1,5-9H2. The molecular formula is C24H24FN. The molecule has 0 unspecified atom stereocenters. The van der Waals surface area contributed by atoms with E-state index in [1.54, 1.807) is 12.1 Å². The van der Waals surface area contributed by atoms with Crippen LogP contribution in [0.15, 0.2) is 67.3 Å². The molecule has 1 saturated carbocycles. The van der Waals surface area contributed by atoms with Gasteiger partial charge in [0.25, 0.3) is 0 Å². The SMILES string of the molecule is C=CC=CCC1CCC(c2ccc(-c3ccc(C#N)c(F)c3)cc2)CC1. The van der Waals surface area contributed by atoms with Gasteiger partial charge in [-0.15, -0.1) is 0 Å². The molecule has 0 heterocycles. The minimum absolute atomic E-state index is 0.0880. The molecule has 0 spiro atoms. The zero-order valence-electron chi connectivity index (χ0n) is 15.0. The van der Waals surface area contributed by atoms with Crippen molar-refractivity contribution in [3.63, 3.8) is 0 Å². The molecule has 0 saturated heterocycles. The summed E-state index contributed by atoms with van der Waals surface area (Å²) >= 11 is 0. The lowest BCUT2D eigenvalue weighted by Gasteiger charge is -2.28. The number of hydrogen-bond donors (Lipinski definition) is 0. The van der Waals surface area contributed by atoms with Gasteiger partial charge in [-0.05, 0) is 72.8 Å². The average molecular weight is 345 g/mol. The second-order valence-electron chi connectivity index (χ2n) is 7.05. The van der Waals surface area contributed by atoms with E-state index >= 15 is 0 Å². The van der Waals surface area contributed by atoms with Gasteiger partial charge < -0.3 is 0 Å². The topological polar surface area (TPSA) is 23.8 Å². The molecule has 1 nitrogen and oxygen atoms in total. The van der Waals surface area contributed by atoms with E-state index in [0.717, 1.165) is 23.5 Å². The largest absolute Gasteiger partial charge is 0.206 e. The molecule has 0 aliphatic heterocycles. The average Bonchev–Trinajstić information content (AvgIpc) is 2.69. The quantitative estimate of drug-likeness (QED) is 0.548. The van der Waals surface area contributed by atoms with Crippen molar-refractivity contribution in [1.82, 2.24) is 0 Å². The maximum atomic E-state index is 13.8. The van der Waals surface area contributed by atoms with Gasteiger partial charge >= 0.3 is 0 Å². The molecular weight excluding hydrogens is 321 g/mol. The maximum absolute atomic E-state index is 13.8. The number of nitrogens with zero attached hydrogens (tertiary/aromatic N) is 1. The Hall–Kier alpha value is -2.66. The second-order valence-corrected chi connectivity index (χ2v) is 7.05. The van der Waals surface area contributed by atoms with E-state index in [0.29, 0.717) is 5.92 Å². The summed E-state index contributed by atoms with van der Waals surface area (Å²) in [5, 5.41) is 8.84. The third kappa shape index (κ3) is 4.29. The van der Waals surface area contributed by atoms with Crippen LogP contribution in [0.2, 0.25) is 0 Å². The van der Waals surface area contributed by atoms with Crippen molar-refractivity contribution in [3.05, 3.63) is 84.2 Å². The number of halogens is 1. The van der Waals surface area contributed by atoms with Crippen LogP contribution in [0.1, 0.15) is 49.1 Å². The summed E-state index contributed by atoms with van der Waals surface area (Å²) in [6.07, 6.45) is 12.3. The second kappa shape index (κ2) is 8.63. The van der Waals surface area contributed by atoms with Gasteiger partial charge in [0.05, 0.1) is 5.56 Å². The molecule has 0 amide bonds. The first-order chi connectivity index (χ1) is 12.7. The predicted octanol–water partition coefficient (Wildman–Crippen LogP) is 6.77. The molecule has 132 valence electrons. The highest BCUT2D eigenvalue weighted by molar-refractivity contribution is 5.64. The molecule has 2 aromatic carbocycles. The van der Waals surface area contributed by atoms with Crippen LogP contribution >= 0.6 is 0 Å². The summed E-state index contributed by atoms with van der Waals surface area (Å²) in [4.78, 5) is 0. The first-order valence-electron chi connectivity index (χ1n) is 9.29. The smallest absolute Gasteiger partial charge is 0.141 e. The maximum Gasteiger partial charge on any atom is 0.141 e. The van der Waals surface area contributed by atoms with Gasteiger partial charge in [-0.1, -0.05) is 55.1 Å². The van der Waals surface area contributed by atoms with Crippen molar-refractivity contribution in [2.45, 2.75) is 38.0 Å². The third-order valence-corrected chi connectivity index (χ3v) is 5.39. The molecule has 2 aromatic rings. The fourth-order valence-electron chi connectivity index (χ4n) is 3.83. The van der Waals surface area contributed by atoms with Crippen molar-refractivity contribution in [3.8, 4) is 17.2 Å². The number of hydrogen-bond acceptors (Lipinski definition) is 1. The molecule has 3 rings (SSSR count). The van der Waals surface area contributed by atoms with Crippen LogP contribution in [0, 0.1) is 23.1 Å². The van der Waals surface area contributed by atoms with Crippen molar-refractivity contribution in [2.24, 2.45) is 5.92 Å². The Balaban J connectivity index is 1.63. The fourth-order valence-corrected chi connectivity index (χ4v) is 3.83. The van der Waals surface area contributed by atoms with E-state index in [2.05, 4.69) is 36.9 Å². The molecule has 0 radical (unpaired) electrons. The van der Waals surface area contributed by atoms with Crippen LogP contribution < -0.4 is 0 Å². The highest BCUT2D eigenvalue weighted by Gasteiger charge is 2.21. The van der Waals surface area contributed by atoms with Gasteiger partial charge in [-0.25, -0.2) is 4.39 Å². The van der Waals surface area contributed by atoms with Crippen LogP contribution in [-0.2, 0) is 0 Å². The number of nitriles is 1. The minimum atomic E-state index is -0.460. The Morgan fingerprint density at radius 3 is 2.35 bits per heavy atom. The summed E-state index contributed by atoms with van der Waals surface area (Å²) in [6.45, 7) is 3.72. The summed E-state index contributed by atoms with van der Waals surface area (Å²) < 4.78 is 13.8. The van der Waals surface area contributed by atoms with Crippen molar-refractivity contribution < 1.29 is 4.39 Å². The molecule has 0 bridgehead atoms. The monoisotopic (exact) mass is 345 g/mol. The molecule has 26 heavy (non-hydrogen) atoms. The van der Waals surface area contributed by atoms with Gasteiger partial charge in [0.15, 0.2) is 0 Å². The normalized spacial score (nSPS) is 20.0. The number of benzene rings is 2. The van der Waals surface area contributed by atoms with Gasteiger partial charge in [0.2, 0.25) is 0 Å². The first kappa shape index (κ1) is 18.1. The first-order valence-corrected chi connectivity index (χ1v) is 9.29. The Labute approximate surface area is 155 Å². The predicted molar refractivity (Wildman–Crippen MR) is 105 cm³/mol. The lowest BCUT2D eigenvalue weighted by atomic mass is 9.77. The van der Waals surface area contributed by atoms with E-state index in [1.807, 2.05) is 18.2 Å². The summed E-state index contributed by atoms with van der Waals surface area (Å²) in [5.41, 5.74) is 3.26. The number of allylic oxidation sites excluding steroid dienone is 3. The van der Waals surface area contributed by atoms with Crippen LogP contribution in [0.4, 0.5) is 4.39 Å². The lowest BCUT2D eigenvalue weighted by Crippen LogP contribution is -2.12. The van der Waals surface area contributed by atoms with Crippen molar-refractivity contribution >= 4 is 0 Å². The zero-order chi connectivity index (χ0) is 18.4. The Kier molecular flexibility index (Phi) is 6.02. The third-order valence-electron chi connectivity index (χ3n) is 5.39.